The van der Waals surface area contributed by atoms with Crippen LogP contribution < -0.4 is 0 Å². The molecule has 4 nitrogen and oxygen atoms in total. The fourth-order valence-corrected chi connectivity index (χ4v) is 8.78. The average Bonchev–Trinajstić information content (AvgIpc) is 3.80. The standard InChI is InChI=1S/C53H35N3O/c1-53(38-17-6-3-7-18-38)46-25-12-10-20-40(46)41-32-31-37(33-47(41)53)34-27-29-36(30-28-34)50-54-51(44-22-9-8-19-39(44)35-15-4-2-5-16-35)56-52(55-50)45-24-14-23-43-42-21-11-13-26-48(42)57-49(43)45/h2-33H,1H3. The molecule has 0 fully saturated rings. The van der Waals surface area contributed by atoms with E-state index < -0.39 is 0 Å². The van der Waals surface area contributed by atoms with Crippen LogP contribution >= 0.6 is 0 Å². The Morgan fingerprint density at radius 2 is 0.930 bits per heavy atom. The summed E-state index contributed by atoms with van der Waals surface area (Å²) >= 11 is 0. The molecule has 0 aliphatic heterocycles. The fourth-order valence-electron chi connectivity index (χ4n) is 8.78. The van der Waals surface area contributed by atoms with Crippen LogP contribution in [-0.4, -0.2) is 15.0 Å². The molecule has 0 radical (unpaired) electrons. The van der Waals surface area contributed by atoms with E-state index in [1.54, 1.807) is 0 Å². The van der Waals surface area contributed by atoms with E-state index in [9.17, 15) is 0 Å². The first-order chi connectivity index (χ1) is 28.1. The van der Waals surface area contributed by atoms with Gasteiger partial charge >= 0.3 is 0 Å². The van der Waals surface area contributed by atoms with Crippen LogP contribution in [0.1, 0.15) is 23.6 Å². The summed E-state index contributed by atoms with van der Waals surface area (Å²) in [6.45, 7) is 2.36. The van der Waals surface area contributed by atoms with Crippen molar-refractivity contribution in [3.8, 4) is 67.5 Å². The van der Waals surface area contributed by atoms with E-state index in [2.05, 4.69) is 159 Å². The Hall–Kier alpha value is -7.43. The maximum atomic E-state index is 6.48. The molecular formula is C53H35N3O. The second-order valence-electron chi connectivity index (χ2n) is 14.9. The summed E-state index contributed by atoms with van der Waals surface area (Å²) < 4.78 is 6.48. The summed E-state index contributed by atoms with van der Waals surface area (Å²) in [5.74, 6) is 1.76. The minimum Gasteiger partial charge on any atom is -0.455 e. The number of aromatic nitrogens is 3. The number of fused-ring (bicyclic) bond motifs is 6. The highest BCUT2D eigenvalue weighted by atomic mass is 16.3. The second kappa shape index (κ2) is 13.1. The van der Waals surface area contributed by atoms with Crippen molar-refractivity contribution in [3.05, 3.63) is 211 Å². The predicted molar refractivity (Wildman–Crippen MR) is 232 cm³/mol. The van der Waals surface area contributed by atoms with Gasteiger partial charge in [-0.05, 0) is 75.2 Å². The first kappa shape index (κ1) is 33.0. The van der Waals surface area contributed by atoms with Crippen molar-refractivity contribution in [1.29, 1.82) is 0 Å². The van der Waals surface area contributed by atoms with Crippen molar-refractivity contribution in [3.63, 3.8) is 0 Å². The van der Waals surface area contributed by atoms with Crippen molar-refractivity contribution < 1.29 is 4.42 Å². The highest BCUT2D eigenvalue weighted by Gasteiger charge is 2.40. The molecule has 1 aliphatic carbocycles. The molecule has 57 heavy (non-hydrogen) atoms. The number of hydrogen-bond acceptors (Lipinski definition) is 4. The SMILES string of the molecule is CC1(c2ccccc2)c2ccccc2-c2ccc(-c3ccc(-c4nc(-c5ccccc5-c5ccccc5)nc(-c5cccc6c5oc5ccccc56)n4)cc3)cc21. The molecule has 1 unspecified atom stereocenters. The molecule has 2 aromatic heterocycles. The van der Waals surface area contributed by atoms with E-state index in [1.807, 2.05) is 42.5 Å². The first-order valence-electron chi connectivity index (χ1n) is 19.4. The number of benzene rings is 8. The number of rotatable bonds is 6. The third-order valence-corrected chi connectivity index (χ3v) is 11.7. The van der Waals surface area contributed by atoms with Crippen molar-refractivity contribution in [2.75, 3.05) is 0 Å². The third kappa shape index (κ3) is 5.33. The molecule has 0 bridgehead atoms. The lowest BCUT2D eigenvalue weighted by Crippen LogP contribution is -2.22. The first-order valence-corrected chi connectivity index (χ1v) is 19.4. The smallest absolute Gasteiger partial charge is 0.167 e. The minimum absolute atomic E-state index is 0.264. The molecule has 11 rings (SSSR count). The molecule has 0 amide bonds. The van der Waals surface area contributed by atoms with E-state index >= 15 is 0 Å². The molecule has 0 N–H and O–H groups in total. The molecule has 1 aliphatic rings. The molecule has 0 saturated heterocycles. The molecule has 2 heterocycles. The third-order valence-electron chi connectivity index (χ3n) is 11.7. The Morgan fingerprint density at radius 1 is 0.368 bits per heavy atom. The van der Waals surface area contributed by atoms with Gasteiger partial charge in [-0.3, -0.25) is 0 Å². The van der Waals surface area contributed by atoms with Crippen molar-refractivity contribution in [2.45, 2.75) is 12.3 Å². The van der Waals surface area contributed by atoms with Gasteiger partial charge in [-0.2, -0.15) is 0 Å². The van der Waals surface area contributed by atoms with Crippen LogP contribution in [-0.2, 0) is 5.41 Å². The van der Waals surface area contributed by atoms with Gasteiger partial charge in [0.15, 0.2) is 17.5 Å². The zero-order valence-corrected chi connectivity index (χ0v) is 31.2. The minimum atomic E-state index is -0.264. The van der Waals surface area contributed by atoms with Crippen molar-refractivity contribution in [1.82, 2.24) is 15.0 Å². The van der Waals surface area contributed by atoms with E-state index in [0.717, 1.165) is 55.3 Å². The second-order valence-corrected chi connectivity index (χ2v) is 14.9. The fraction of sp³-hybridized carbons (Fsp3) is 0.0377. The maximum absolute atomic E-state index is 6.48. The molecule has 0 spiro atoms. The summed E-state index contributed by atoms with van der Waals surface area (Å²) in [4.78, 5) is 15.5. The monoisotopic (exact) mass is 729 g/mol. The van der Waals surface area contributed by atoms with Gasteiger partial charge in [-0.15, -0.1) is 0 Å². The van der Waals surface area contributed by atoms with Gasteiger partial charge in [0.25, 0.3) is 0 Å². The number of hydrogen-bond donors (Lipinski definition) is 0. The molecule has 0 saturated carbocycles. The van der Waals surface area contributed by atoms with Crippen LogP contribution in [0.2, 0.25) is 0 Å². The molecule has 268 valence electrons. The van der Waals surface area contributed by atoms with Gasteiger partial charge in [-0.25, -0.2) is 15.0 Å². The Kier molecular flexibility index (Phi) is 7.58. The summed E-state index contributed by atoms with van der Waals surface area (Å²) in [7, 11) is 0. The average molecular weight is 730 g/mol. The topological polar surface area (TPSA) is 51.8 Å². The van der Waals surface area contributed by atoms with Crippen LogP contribution in [0.5, 0.6) is 0 Å². The maximum Gasteiger partial charge on any atom is 0.167 e. The Morgan fingerprint density at radius 3 is 1.74 bits per heavy atom. The van der Waals surface area contributed by atoms with E-state index in [-0.39, 0.29) is 5.41 Å². The summed E-state index contributed by atoms with van der Waals surface area (Å²) in [6.07, 6.45) is 0. The lowest BCUT2D eigenvalue weighted by atomic mass is 9.74. The van der Waals surface area contributed by atoms with Gasteiger partial charge in [0.05, 0.1) is 5.56 Å². The highest BCUT2D eigenvalue weighted by molar-refractivity contribution is 6.09. The molecule has 8 aromatic carbocycles. The highest BCUT2D eigenvalue weighted by Crippen LogP contribution is 2.53. The Bertz CT molecular complexity index is 3130. The van der Waals surface area contributed by atoms with Crippen LogP contribution in [0.3, 0.4) is 0 Å². The molecule has 4 heteroatoms. The Balaban J connectivity index is 1.05. The van der Waals surface area contributed by atoms with Crippen LogP contribution in [0.15, 0.2) is 199 Å². The van der Waals surface area contributed by atoms with Crippen molar-refractivity contribution >= 4 is 21.9 Å². The van der Waals surface area contributed by atoms with E-state index in [4.69, 9.17) is 19.4 Å². The van der Waals surface area contributed by atoms with Crippen molar-refractivity contribution in [2.24, 2.45) is 0 Å². The number of para-hydroxylation sites is 2. The van der Waals surface area contributed by atoms with Gasteiger partial charge in [0.1, 0.15) is 11.2 Å². The van der Waals surface area contributed by atoms with Crippen LogP contribution in [0, 0.1) is 0 Å². The predicted octanol–water partition coefficient (Wildman–Crippen LogP) is 13.4. The van der Waals surface area contributed by atoms with E-state index in [1.165, 1.54) is 33.4 Å². The van der Waals surface area contributed by atoms with Crippen LogP contribution in [0.4, 0.5) is 0 Å². The van der Waals surface area contributed by atoms with Crippen LogP contribution in [0.25, 0.3) is 89.5 Å². The summed E-state index contributed by atoms with van der Waals surface area (Å²) in [6, 6.07) is 68.2. The zero-order valence-electron chi connectivity index (χ0n) is 31.2. The molecular weight excluding hydrogens is 695 g/mol. The van der Waals surface area contributed by atoms with E-state index in [0.29, 0.717) is 17.5 Å². The van der Waals surface area contributed by atoms with Gasteiger partial charge in [-0.1, -0.05) is 176 Å². The summed E-state index contributed by atoms with van der Waals surface area (Å²) in [5, 5.41) is 2.09. The number of nitrogens with zero attached hydrogens (tertiary/aromatic N) is 3. The van der Waals surface area contributed by atoms with Gasteiger partial charge in [0, 0.05) is 27.3 Å². The lowest BCUT2D eigenvalue weighted by molar-refractivity contribution is 0.669. The van der Waals surface area contributed by atoms with Gasteiger partial charge in [0.2, 0.25) is 0 Å². The summed E-state index contributed by atoms with van der Waals surface area (Å²) in [5.41, 5.74) is 15.0. The zero-order chi connectivity index (χ0) is 37.9. The lowest BCUT2D eigenvalue weighted by Gasteiger charge is -2.28. The van der Waals surface area contributed by atoms with Gasteiger partial charge < -0.3 is 4.42 Å². The normalized spacial score (nSPS) is 14.5. The molecule has 10 aromatic rings. The molecule has 1 atom stereocenters. The number of furan rings is 1. The Labute approximate surface area is 330 Å². The quantitative estimate of drug-likeness (QED) is 0.171. The largest absolute Gasteiger partial charge is 0.455 e.